The third-order valence-electron chi connectivity index (χ3n) is 2.50. The number of anilines is 1. The first-order valence-corrected chi connectivity index (χ1v) is 6.05. The van der Waals surface area contributed by atoms with Gasteiger partial charge in [0.25, 0.3) is 0 Å². The van der Waals surface area contributed by atoms with Crippen LogP contribution in [0.25, 0.3) is 0 Å². The van der Waals surface area contributed by atoms with Gasteiger partial charge >= 0.3 is 0 Å². The van der Waals surface area contributed by atoms with Crippen LogP contribution in [0.15, 0.2) is 23.2 Å². The Morgan fingerprint density at radius 3 is 3.12 bits per heavy atom. The quantitative estimate of drug-likeness (QED) is 0.394. The molecule has 1 aromatic rings. The van der Waals surface area contributed by atoms with Crippen LogP contribution in [-0.2, 0) is 6.42 Å². The van der Waals surface area contributed by atoms with Crippen molar-refractivity contribution in [3.05, 3.63) is 29.6 Å². The molecule has 2 rings (SSSR count). The van der Waals surface area contributed by atoms with Crippen LogP contribution in [0.1, 0.15) is 5.56 Å². The van der Waals surface area contributed by atoms with Gasteiger partial charge in [-0.1, -0.05) is 17.8 Å². The number of nitrogens with zero attached hydrogens (tertiary/aromatic N) is 3. The number of halogens is 1. The standard InChI is InChI=1S/C11H10FN3S/c1-16-11(14-7-13)15-5-4-8-2-3-9(12)6-10(8)15/h2-3,6H,4-5H2,1H3. The van der Waals surface area contributed by atoms with E-state index in [4.69, 9.17) is 5.26 Å². The Bertz CT molecular complexity index is 479. The van der Waals surface area contributed by atoms with Gasteiger partial charge in [0, 0.05) is 12.2 Å². The number of nitriles is 1. The molecule has 1 aliphatic heterocycles. The summed E-state index contributed by atoms with van der Waals surface area (Å²) in [6.07, 6.45) is 4.49. The Kier molecular flexibility index (Phi) is 3.11. The molecule has 0 saturated heterocycles. The maximum Gasteiger partial charge on any atom is 0.208 e. The van der Waals surface area contributed by atoms with E-state index < -0.39 is 0 Å². The lowest BCUT2D eigenvalue weighted by Crippen LogP contribution is -2.26. The highest BCUT2D eigenvalue weighted by Gasteiger charge is 2.23. The summed E-state index contributed by atoms with van der Waals surface area (Å²) in [5.41, 5.74) is 1.92. The first kappa shape index (κ1) is 11.0. The van der Waals surface area contributed by atoms with Crippen molar-refractivity contribution < 1.29 is 4.39 Å². The van der Waals surface area contributed by atoms with Gasteiger partial charge in [0.15, 0.2) is 5.17 Å². The zero-order valence-corrected chi connectivity index (χ0v) is 9.59. The summed E-state index contributed by atoms with van der Waals surface area (Å²) in [5.74, 6) is -0.261. The van der Waals surface area contributed by atoms with Gasteiger partial charge < -0.3 is 4.90 Å². The summed E-state index contributed by atoms with van der Waals surface area (Å²) in [6, 6.07) is 4.74. The Morgan fingerprint density at radius 1 is 1.62 bits per heavy atom. The Morgan fingerprint density at radius 2 is 2.44 bits per heavy atom. The van der Waals surface area contributed by atoms with Gasteiger partial charge in [-0.15, -0.1) is 4.99 Å². The second-order valence-electron chi connectivity index (χ2n) is 3.37. The largest absolute Gasteiger partial charge is 0.320 e. The Balaban J connectivity index is 2.40. The van der Waals surface area contributed by atoms with E-state index in [1.54, 1.807) is 12.3 Å². The molecule has 5 heteroatoms. The Labute approximate surface area is 97.6 Å². The van der Waals surface area contributed by atoms with Gasteiger partial charge in [-0.3, -0.25) is 0 Å². The molecule has 0 unspecified atom stereocenters. The second kappa shape index (κ2) is 4.54. The number of thioether (sulfide) groups is 1. The number of rotatable bonds is 0. The molecule has 1 heterocycles. The van der Waals surface area contributed by atoms with Gasteiger partial charge in [-0.05, 0) is 30.4 Å². The zero-order valence-electron chi connectivity index (χ0n) is 8.77. The van der Waals surface area contributed by atoms with Crippen molar-refractivity contribution in [1.29, 1.82) is 5.26 Å². The summed E-state index contributed by atoms with van der Waals surface area (Å²) in [4.78, 5) is 5.62. The average molecular weight is 235 g/mol. The fraction of sp³-hybridized carbons (Fsp3) is 0.273. The molecule has 0 atom stereocenters. The molecule has 82 valence electrons. The minimum Gasteiger partial charge on any atom is -0.320 e. The van der Waals surface area contributed by atoms with Gasteiger partial charge in [0.1, 0.15) is 5.82 Å². The second-order valence-corrected chi connectivity index (χ2v) is 4.15. The van der Waals surface area contributed by atoms with Crippen LogP contribution >= 0.6 is 11.8 Å². The molecule has 0 bridgehead atoms. The maximum atomic E-state index is 13.2. The third-order valence-corrected chi connectivity index (χ3v) is 3.18. The molecule has 1 aliphatic rings. The number of amidine groups is 1. The number of aliphatic imine (C=N–C) groups is 1. The minimum absolute atomic E-state index is 0.261. The Hall–Kier alpha value is -1.54. The van der Waals surface area contributed by atoms with Crippen molar-refractivity contribution in [3.8, 4) is 6.19 Å². The predicted octanol–water partition coefficient (Wildman–Crippen LogP) is 2.39. The smallest absolute Gasteiger partial charge is 0.208 e. The summed E-state index contributed by atoms with van der Waals surface area (Å²) < 4.78 is 13.2. The normalized spacial score (nSPS) is 14.8. The minimum atomic E-state index is -0.261. The lowest BCUT2D eigenvalue weighted by molar-refractivity contribution is 0.628. The third kappa shape index (κ3) is 1.89. The van der Waals surface area contributed by atoms with Crippen molar-refractivity contribution in [3.63, 3.8) is 0 Å². The molecule has 16 heavy (non-hydrogen) atoms. The predicted molar refractivity (Wildman–Crippen MR) is 64.0 cm³/mol. The average Bonchev–Trinajstić information content (AvgIpc) is 2.69. The van der Waals surface area contributed by atoms with Gasteiger partial charge in [-0.25, -0.2) is 4.39 Å². The molecule has 0 N–H and O–H groups in total. The number of fused-ring (bicyclic) bond motifs is 1. The molecule has 0 aromatic heterocycles. The summed E-state index contributed by atoms with van der Waals surface area (Å²) in [7, 11) is 0. The van der Waals surface area contributed by atoms with E-state index in [1.807, 2.05) is 11.2 Å². The van der Waals surface area contributed by atoms with Crippen LogP contribution in [0.4, 0.5) is 10.1 Å². The topological polar surface area (TPSA) is 39.4 Å². The molecular weight excluding hydrogens is 225 g/mol. The summed E-state index contributed by atoms with van der Waals surface area (Å²) >= 11 is 1.39. The van der Waals surface area contributed by atoms with Gasteiger partial charge in [0.2, 0.25) is 6.19 Å². The monoisotopic (exact) mass is 235 g/mol. The number of benzene rings is 1. The van der Waals surface area contributed by atoms with E-state index in [0.29, 0.717) is 5.17 Å². The lowest BCUT2D eigenvalue weighted by Gasteiger charge is -2.18. The van der Waals surface area contributed by atoms with Crippen molar-refractivity contribution in [2.45, 2.75) is 6.42 Å². The van der Waals surface area contributed by atoms with E-state index in [2.05, 4.69) is 4.99 Å². The first-order valence-electron chi connectivity index (χ1n) is 4.83. The van der Waals surface area contributed by atoms with Gasteiger partial charge in [-0.2, -0.15) is 5.26 Å². The molecule has 0 amide bonds. The summed E-state index contributed by atoms with van der Waals surface area (Å²) in [6.45, 7) is 0.750. The van der Waals surface area contributed by atoms with E-state index in [-0.39, 0.29) is 5.82 Å². The zero-order chi connectivity index (χ0) is 11.5. The van der Waals surface area contributed by atoms with Crippen molar-refractivity contribution in [2.24, 2.45) is 4.99 Å². The maximum absolute atomic E-state index is 13.2. The first-order chi connectivity index (χ1) is 7.76. The fourth-order valence-electron chi connectivity index (χ4n) is 1.81. The van der Waals surface area contributed by atoms with Crippen molar-refractivity contribution in [2.75, 3.05) is 17.7 Å². The van der Waals surface area contributed by atoms with Crippen LogP contribution in [-0.4, -0.2) is 18.0 Å². The number of hydrogen-bond acceptors (Lipinski definition) is 3. The fourth-order valence-corrected chi connectivity index (χ4v) is 2.35. The van der Waals surface area contributed by atoms with Crippen LogP contribution in [0.5, 0.6) is 0 Å². The van der Waals surface area contributed by atoms with Crippen LogP contribution in [0.3, 0.4) is 0 Å². The van der Waals surface area contributed by atoms with Crippen molar-refractivity contribution >= 4 is 22.6 Å². The molecule has 1 aromatic carbocycles. The highest BCUT2D eigenvalue weighted by Crippen LogP contribution is 2.30. The van der Waals surface area contributed by atoms with Crippen LogP contribution in [0, 0.1) is 17.3 Å². The molecule has 0 aliphatic carbocycles. The molecule has 3 nitrogen and oxygen atoms in total. The van der Waals surface area contributed by atoms with Crippen LogP contribution < -0.4 is 4.90 Å². The van der Waals surface area contributed by atoms with E-state index in [9.17, 15) is 4.39 Å². The lowest BCUT2D eigenvalue weighted by atomic mass is 10.2. The molecular formula is C11H10FN3S. The molecule has 0 radical (unpaired) electrons. The molecule has 0 saturated carbocycles. The van der Waals surface area contributed by atoms with E-state index in [0.717, 1.165) is 24.2 Å². The molecule has 0 spiro atoms. The highest BCUT2D eigenvalue weighted by molar-refractivity contribution is 8.13. The van der Waals surface area contributed by atoms with Crippen molar-refractivity contribution in [1.82, 2.24) is 0 Å². The van der Waals surface area contributed by atoms with E-state index in [1.165, 1.54) is 23.9 Å². The van der Waals surface area contributed by atoms with Gasteiger partial charge in [0.05, 0.1) is 0 Å². The number of hydrogen-bond donors (Lipinski definition) is 0. The SMILES string of the molecule is CSC(=NC#N)N1CCc2ccc(F)cc21. The molecule has 0 fully saturated rings. The van der Waals surface area contributed by atoms with E-state index >= 15 is 0 Å². The van der Waals surface area contributed by atoms with Crippen LogP contribution in [0.2, 0.25) is 0 Å². The summed E-state index contributed by atoms with van der Waals surface area (Å²) in [5, 5.41) is 9.20. The highest BCUT2D eigenvalue weighted by atomic mass is 32.2.